The molecule has 28 heavy (non-hydrogen) atoms. The van der Waals surface area contributed by atoms with Crippen LogP contribution in [0.15, 0.2) is 4.99 Å². The number of carbonyl (C=O) groups is 1. The SMILES string of the molecule is CCOC(O)C1CN2C3CC4OC=NC4CC3OC3C(F)C(F)CC(C1=O)C32. The summed E-state index contributed by atoms with van der Waals surface area (Å²) in [4.78, 5) is 19.4. The average molecular weight is 400 g/mol. The summed E-state index contributed by atoms with van der Waals surface area (Å²) in [6.45, 7) is 2.26. The van der Waals surface area contributed by atoms with Gasteiger partial charge in [-0.3, -0.25) is 14.7 Å². The molecule has 1 N–H and O–H groups in total. The fraction of sp³-hybridized carbons (Fsp3) is 0.895. The second-order valence-electron chi connectivity index (χ2n) is 8.52. The van der Waals surface area contributed by atoms with E-state index in [0.717, 1.165) is 0 Å². The van der Waals surface area contributed by atoms with E-state index in [1.54, 1.807) is 6.92 Å². The summed E-state index contributed by atoms with van der Waals surface area (Å²) in [5.74, 6) is -1.74. The molecule has 0 spiro atoms. The Morgan fingerprint density at radius 3 is 2.96 bits per heavy atom. The van der Waals surface area contributed by atoms with Crippen LogP contribution in [-0.4, -0.2) is 90.4 Å². The van der Waals surface area contributed by atoms with Crippen LogP contribution in [0.3, 0.4) is 0 Å². The van der Waals surface area contributed by atoms with Crippen molar-refractivity contribution >= 4 is 12.2 Å². The van der Waals surface area contributed by atoms with E-state index in [-0.39, 0.29) is 49.6 Å². The van der Waals surface area contributed by atoms with Gasteiger partial charge in [0.05, 0.1) is 18.1 Å². The number of ketones is 1. The number of hydrogen-bond donors (Lipinski definition) is 1. The van der Waals surface area contributed by atoms with Gasteiger partial charge in [-0.05, 0) is 13.3 Å². The van der Waals surface area contributed by atoms with E-state index in [1.165, 1.54) is 6.40 Å². The zero-order valence-corrected chi connectivity index (χ0v) is 15.7. The maximum Gasteiger partial charge on any atom is 0.170 e. The van der Waals surface area contributed by atoms with Crippen LogP contribution < -0.4 is 0 Å². The number of alkyl halides is 2. The smallest absolute Gasteiger partial charge is 0.170 e. The number of morpholine rings is 1. The number of fused-ring (bicyclic) bond motifs is 3. The summed E-state index contributed by atoms with van der Waals surface area (Å²) in [6.07, 6.45) is -3.60. The number of piperidine rings is 1. The lowest BCUT2D eigenvalue weighted by molar-refractivity contribution is -0.245. The van der Waals surface area contributed by atoms with Crippen molar-refractivity contribution in [1.29, 1.82) is 0 Å². The van der Waals surface area contributed by atoms with E-state index in [4.69, 9.17) is 14.2 Å². The minimum atomic E-state index is -1.76. The minimum Gasteiger partial charge on any atom is -0.478 e. The molecule has 11 unspecified atom stereocenters. The van der Waals surface area contributed by atoms with E-state index in [1.807, 2.05) is 0 Å². The topological polar surface area (TPSA) is 80.6 Å². The predicted octanol–water partition coefficient (Wildman–Crippen LogP) is 0.632. The monoisotopic (exact) mass is 400 g/mol. The van der Waals surface area contributed by atoms with Crippen molar-refractivity contribution in [2.45, 2.75) is 81.3 Å². The van der Waals surface area contributed by atoms with Crippen LogP contribution in [0, 0.1) is 11.8 Å². The lowest BCUT2D eigenvalue weighted by Gasteiger charge is -2.60. The quantitative estimate of drug-likeness (QED) is 0.700. The molecule has 3 heterocycles. The summed E-state index contributed by atoms with van der Waals surface area (Å²) in [5.41, 5.74) is 0. The maximum atomic E-state index is 14.8. The molecule has 2 saturated carbocycles. The van der Waals surface area contributed by atoms with E-state index in [2.05, 4.69) is 9.89 Å². The van der Waals surface area contributed by atoms with E-state index >= 15 is 0 Å². The summed E-state index contributed by atoms with van der Waals surface area (Å²) in [6, 6.07) is -0.633. The third-order valence-corrected chi connectivity index (χ3v) is 7.14. The van der Waals surface area contributed by atoms with Crippen molar-refractivity contribution in [3.63, 3.8) is 0 Å². The fourth-order valence-corrected chi connectivity index (χ4v) is 5.87. The number of aliphatic hydroxyl groups is 1. The van der Waals surface area contributed by atoms with Gasteiger partial charge >= 0.3 is 0 Å². The molecule has 0 radical (unpaired) electrons. The first-order valence-corrected chi connectivity index (χ1v) is 10.2. The van der Waals surface area contributed by atoms with Crippen molar-refractivity contribution in [2.24, 2.45) is 16.8 Å². The molecule has 0 amide bonds. The molecule has 0 aromatic rings. The zero-order chi connectivity index (χ0) is 19.6. The molecule has 2 saturated heterocycles. The molecule has 0 aromatic heterocycles. The van der Waals surface area contributed by atoms with Crippen molar-refractivity contribution in [2.75, 3.05) is 13.2 Å². The van der Waals surface area contributed by atoms with Gasteiger partial charge in [-0.15, -0.1) is 0 Å². The fourth-order valence-electron chi connectivity index (χ4n) is 5.87. The van der Waals surface area contributed by atoms with Crippen LogP contribution in [-0.2, 0) is 19.0 Å². The molecule has 11 atom stereocenters. The second-order valence-corrected chi connectivity index (χ2v) is 8.52. The third kappa shape index (κ3) is 2.74. The number of nitrogens with zero attached hydrogens (tertiary/aromatic N) is 2. The van der Waals surface area contributed by atoms with E-state index < -0.39 is 42.6 Å². The Balaban J connectivity index is 1.48. The molecule has 156 valence electrons. The normalized spacial score (nSPS) is 51.1. The lowest BCUT2D eigenvalue weighted by Crippen LogP contribution is -2.74. The van der Waals surface area contributed by atoms with Crippen LogP contribution >= 0.6 is 0 Å². The summed E-state index contributed by atoms with van der Waals surface area (Å²) in [7, 11) is 0. The van der Waals surface area contributed by atoms with Gasteiger partial charge in [-0.2, -0.15) is 0 Å². The van der Waals surface area contributed by atoms with Crippen LogP contribution in [0.5, 0.6) is 0 Å². The number of Topliss-reactive ketones (excluding diaryl/α,β-unsaturated/α-hetero) is 1. The Kier molecular flexibility index (Phi) is 4.69. The molecule has 5 rings (SSSR count). The van der Waals surface area contributed by atoms with Crippen molar-refractivity contribution in [3.8, 4) is 0 Å². The number of aliphatic hydroxyl groups excluding tert-OH is 1. The van der Waals surface area contributed by atoms with Gasteiger partial charge in [0.1, 0.15) is 24.2 Å². The van der Waals surface area contributed by atoms with E-state index in [0.29, 0.717) is 12.8 Å². The average Bonchev–Trinajstić information content (AvgIpc) is 3.13. The van der Waals surface area contributed by atoms with Crippen molar-refractivity contribution < 1.29 is 32.9 Å². The highest BCUT2D eigenvalue weighted by atomic mass is 19.2. The minimum absolute atomic E-state index is 0.0346. The van der Waals surface area contributed by atoms with Gasteiger partial charge < -0.3 is 19.3 Å². The number of ether oxygens (including phenoxy) is 3. The Morgan fingerprint density at radius 2 is 2.18 bits per heavy atom. The molecule has 0 aromatic carbocycles. The Labute approximate surface area is 162 Å². The highest BCUT2D eigenvalue weighted by Gasteiger charge is 2.62. The standard InChI is InChI=1S/C19H26F2N2O5/c1-2-26-19(25)9-6-23-12-5-13-11(22-7-27-13)4-14(12)28-18-15(21)10(20)3-8(16(18)23)17(9)24/h7-16,18-19,25H,2-6H2,1H3. The van der Waals surface area contributed by atoms with Gasteiger partial charge in [0.15, 0.2) is 18.9 Å². The molecule has 2 aliphatic carbocycles. The largest absolute Gasteiger partial charge is 0.478 e. The predicted molar refractivity (Wildman–Crippen MR) is 93.4 cm³/mol. The Hall–Kier alpha value is -1.16. The molecule has 0 bridgehead atoms. The van der Waals surface area contributed by atoms with Gasteiger partial charge in [0.25, 0.3) is 0 Å². The second kappa shape index (κ2) is 6.97. The molecule has 3 aliphatic heterocycles. The Morgan fingerprint density at radius 1 is 1.36 bits per heavy atom. The zero-order valence-electron chi connectivity index (χ0n) is 15.7. The number of carbonyl (C=O) groups excluding carboxylic acids is 1. The molecular formula is C19H26F2N2O5. The van der Waals surface area contributed by atoms with Crippen LogP contribution in [0.25, 0.3) is 0 Å². The highest BCUT2D eigenvalue weighted by Crippen LogP contribution is 2.47. The number of halogens is 2. The van der Waals surface area contributed by atoms with Crippen LogP contribution in [0.2, 0.25) is 0 Å². The first-order valence-electron chi connectivity index (χ1n) is 10.2. The Bertz CT molecular complexity index is 666. The first-order chi connectivity index (χ1) is 13.5. The summed E-state index contributed by atoms with van der Waals surface area (Å²) >= 11 is 0. The van der Waals surface area contributed by atoms with Crippen LogP contribution in [0.4, 0.5) is 8.78 Å². The maximum absolute atomic E-state index is 14.8. The van der Waals surface area contributed by atoms with Gasteiger partial charge in [0.2, 0.25) is 0 Å². The summed E-state index contributed by atoms with van der Waals surface area (Å²) in [5, 5.41) is 10.4. The van der Waals surface area contributed by atoms with E-state index in [9.17, 15) is 18.7 Å². The number of aliphatic imine (C=N–C) groups is 1. The van der Waals surface area contributed by atoms with Gasteiger partial charge in [-0.1, -0.05) is 0 Å². The van der Waals surface area contributed by atoms with Gasteiger partial charge in [0, 0.05) is 44.0 Å². The highest BCUT2D eigenvalue weighted by molar-refractivity contribution is 5.86. The van der Waals surface area contributed by atoms with Crippen molar-refractivity contribution in [3.05, 3.63) is 0 Å². The molecule has 9 heteroatoms. The number of hydrogen-bond acceptors (Lipinski definition) is 7. The molecule has 5 aliphatic rings. The molecule has 7 nitrogen and oxygen atoms in total. The molecule has 4 fully saturated rings. The third-order valence-electron chi connectivity index (χ3n) is 7.14. The van der Waals surface area contributed by atoms with Crippen molar-refractivity contribution in [1.82, 2.24) is 4.90 Å². The summed E-state index contributed by atoms with van der Waals surface area (Å²) < 4.78 is 46.2. The lowest BCUT2D eigenvalue weighted by atomic mass is 9.68. The van der Waals surface area contributed by atoms with Gasteiger partial charge in [-0.25, -0.2) is 8.78 Å². The number of rotatable bonds is 3. The molecular weight excluding hydrogens is 374 g/mol. The van der Waals surface area contributed by atoms with Crippen LogP contribution in [0.1, 0.15) is 26.2 Å². The first kappa shape index (κ1) is 18.8.